The molecule has 0 bridgehead atoms. The molecule has 11 heteroatoms. The lowest BCUT2D eigenvalue weighted by Crippen LogP contribution is -2.53. The van der Waals surface area contributed by atoms with Gasteiger partial charge >= 0.3 is 0 Å². The summed E-state index contributed by atoms with van der Waals surface area (Å²) in [7, 11) is -3.87. The number of carbonyl (C=O) groups is 2. The van der Waals surface area contributed by atoms with Crippen molar-refractivity contribution in [2.45, 2.75) is 32.9 Å². The number of halogens is 1. The van der Waals surface area contributed by atoms with Crippen molar-refractivity contribution in [1.82, 2.24) is 10.2 Å². The Kier molecular flexibility index (Phi) is 9.70. The summed E-state index contributed by atoms with van der Waals surface area (Å²) in [6.07, 6.45) is 0.263. The number of benzene rings is 3. The van der Waals surface area contributed by atoms with Crippen molar-refractivity contribution in [3.05, 3.63) is 88.4 Å². The van der Waals surface area contributed by atoms with Crippen LogP contribution >= 0.6 is 15.9 Å². The lowest BCUT2D eigenvalue weighted by atomic mass is 10.0. The van der Waals surface area contributed by atoms with Crippen molar-refractivity contribution in [2.75, 3.05) is 29.9 Å². The van der Waals surface area contributed by atoms with Crippen molar-refractivity contribution in [3.63, 3.8) is 0 Å². The average Bonchev–Trinajstić information content (AvgIpc) is 3.43. The summed E-state index contributed by atoms with van der Waals surface area (Å²) in [5, 5.41) is 2.85. The molecule has 0 spiro atoms. The Morgan fingerprint density at radius 1 is 0.950 bits per heavy atom. The van der Waals surface area contributed by atoms with Gasteiger partial charge in [-0.25, -0.2) is 8.42 Å². The van der Waals surface area contributed by atoms with Gasteiger partial charge in [0.1, 0.15) is 12.6 Å². The zero-order valence-electron chi connectivity index (χ0n) is 22.4. The molecule has 1 N–H and O–H groups in total. The molecule has 2 amide bonds. The molecule has 1 heterocycles. The summed E-state index contributed by atoms with van der Waals surface area (Å²) in [5.41, 5.74) is 1.95. The number of hydrogen-bond acceptors (Lipinski definition) is 6. The highest BCUT2D eigenvalue weighted by Crippen LogP contribution is 2.36. The highest BCUT2D eigenvalue weighted by Gasteiger charge is 2.34. The molecular weight excluding hydrogens is 598 g/mol. The van der Waals surface area contributed by atoms with E-state index in [9.17, 15) is 18.0 Å². The van der Waals surface area contributed by atoms with Crippen LogP contribution in [0.3, 0.4) is 0 Å². The van der Waals surface area contributed by atoms with E-state index in [1.807, 2.05) is 61.5 Å². The summed E-state index contributed by atoms with van der Waals surface area (Å²) in [6.45, 7) is 3.38. The minimum atomic E-state index is -3.87. The Hall–Kier alpha value is -3.57. The van der Waals surface area contributed by atoms with Crippen molar-refractivity contribution in [2.24, 2.45) is 0 Å². The number of nitrogens with one attached hydrogen (secondary N) is 1. The van der Waals surface area contributed by atoms with E-state index in [4.69, 9.17) is 9.47 Å². The van der Waals surface area contributed by atoms with Crippen LogP contribution in [0, 0.1) is 0 Å². The molecule has 1 atom stereocenters. The third kappa shape index (κ3) is 7.14. The Bertz CT molecular complexity index is 1430. The largest absolute Gasteiger partial charge is 0.454 e. The number of fused-ring (bicyclic) bond motifs is 1. The Morgan fingerprint density at radius 2 is 1.65 bits per heavy atom. The van der Waals surface area contributed by atoms with Gasteiger partial charge < -0.3 is 19.7 Å². The minimum Gasteiger partial charge on any atom is -0.454 e. The first kappa shape index (κ1) is 29.4. The van der Waals surface area contributed by atoms with Crippen LogP contribution in [0.2, 0.25) is 0 Å². The molecular formula is C29H32BrN3O6S. The molecule has 0 radical (unpaired) electrons. The topological polar surface area (TPSA) is 105 Å². The first-order valence-electron chi connectivity index (χ1n) is 13.0. The Labute approximate surface area is 243 Å². The second-order valence-corrected chi connectivity index (χ2v) is 12.3. The van der Waals surface area contributed by atoms with Gasteiger partial charge in [-0.1, -0.05) is 58.4 Å². The van der Waals surface area contributed by atoms with E-state index in [1.54, 1.807) is 18.2 Å². The third-order valence-corrected chi connectivity index (χ3v) is 8.78. The van der Waals surface area contributed by atoms with Crippen LogP contribution in [0.1, 0.15) is 25.0 Å². The first-order valence-corrected chi connectivity index (χ1v) is 15.4. The molecule has 0 saturated heterocycles. The molecule has 9 nitrogen and oxygen atoms in total. The second-order valence-electron chi connectivity index (χ2n) is 9.19. The number of ether oxygens (including phenoxy) is 2. The van der Waals surface area contributed by atoms with Gasteiger partial charge in [0, 0.05) is 30.0 Å². The third-order valence-electron chi connectivity index (χ3n) is 6.51. The number of sulfonamides is 1. The average molecular weight is 631 g/mol. The summed E-state index contributed by atoms with van der Waals surface area (Å²) in [5.74, 6) is -0.141. The van der Waals surface area contributed by atoms with Crippen LogP contribution in [-0.2, 0) is 32.6 Å². The van der Waals surface area contributed by atoms with Gasteiger partial charge in [-0.3, -0.25) is 13.9 Å². The molecule has 1 unspecified atom stereocenters. The van der Waals surface area contributed by atoms with Gasteiger partial charge in [-0.2, -0.15) is 0 Å². The quantitative estimate of drug-likeness (QED) is 0.323. The van der Waals surface area contributed by atoms with Crippen molar-refractivity contribution < 1.29 is 27.5 Å². The van der Waals surface area contributed by atoms with Crippen molar-refractivity contribution in [3.8, 4) is 11.5 Å². The monoisotopic (exact) mass is 629 g/mol. The maximum absolute atomic E-state index is 14.1. The highest BCUT2D eigenvalue weighted by atomic mass is 79.9. The zero-order valence-corrected chi connectivity index (χ0v) is 24.8. The number of hydrogen-bond donors (Lipinski definition) is 1. The predicted molar refractivity (Wildman–Crippen MR) is 157 cm³/mol. The maximum atomic E-state index is 14.1. The van der Waals surface area contributed by atoms with Gasteiger partial charge in [-0.05, 0) is 49.2 Å². The molecule has 0 saturated carbocycles. The molecule has 212 valence electrons. The molecule has 4 rings (SSSR count). The Morgan fingerprint density at radius 3 is 2.33 bits per heavy atom. The number of amides is 2. The number of likely N-dealkylation sites (N-methyl/N-ethyl adjacent to an activating group) is 1. The van der Waals surface area contributed by atoms with E-state index in [0.29, 0.717) is 18.0 Å². The molecule has 1 aliphatic heterocycles. The summed E-state index contributed by atoms with van der Waals surface area (Å²) in [4.78, 5) is 29.0. The highest BCUT2D eigenvalue weighted by molar-refractivity contribution is 9.10. The fourth-order valence-corrected chi connectivity index (χ4v) is 5.71. The van der Waals surface area contributed by atoms with E-state index in [1.165, 1.54) is 11.8 Å². The molecule has 0 aromatic heterocycles. The minimum absolute atomic E-state index is 0.0346. The van der Waals surface area contributed by atoms with E-state index in [0.717, 1.165) is 19.9 Å². The first-order chi connectivity index (χ1) is 19.2. The van der Waals surface area contributed by atoms with Crippen LogP contribution in [0.25, 0.3) is 0 Å². The van der Waals surface area contributed by atoms with Gasteiger partial charge in [0.05, 0.1) is 11.4 Å². The smallest absolute Gasteiger partial charge is 0.244 e. The summed E-state index contributed by atoms with van der Waals surface area (Å²) in [6, 6.07) is 20.7. The van der Waals surface area contributed by atoms with Gasteiger partial charge in [-0.15, -0.1) is 0 Å². The number of anilines is 1. The lowest BCUT2D eigenvalue weighted by Gasteiger charge is -2.33. The van der Waals surface area contributed by atoms with Crippen molar-refractivity contribution >= 4 is 43.5 Å². The van der Waals surface area contributed by atoms with E-state index in [2.05, 4.69) is 21.2 Å². The SMILES string of the molecule is CCNC(=O)C(Cc1ccccc1)N(Cc1ccc(Br)cc1)C(=O)CN(c1ccc2c(c1)OCO2)S(=O)(=O)CC. The summed E-state index contributed by atoms with van der Waals surface area (Å²) < 4.78 is 39.3. The zero-order chi connectivity index (χ0) is 28.7. The number of rotatable bonds is 12. The van der Waals surface area contributed by atoms with E-state index >= 15 is 0 Å². The molecule has 1 aliphatic rings. The lowest BCUT2D eigenvalue weighted by molar-refractivity contribution is -0.140. The van der Waals surface area contributed by atoms with E-state index < -0.39 is 28.5 Å². The van der Waals surface area contributed by atoms with Crippen LogP contribution in [0.5, 0.6) is 11.5 Å². The maximum Gasteiger partial charge on any atom is 0.244 e. The van der Waals surface area contributed by atoms with Gasteiger partial charge in [0.15, 0.2) is 11.5 Å². The molecule has 3 aromatic carbocycles. The van der Waals surface area contributed by atoms with Crippen molar-refractivity contribution in [1.29, 1.82) is 0 Å². The number of nitrogens with zero attached hydrogens (tertiary/aromatic N) is 2. The summed E-state index contributed by atoms with van der Waals surface area (Å²) >= 11 is 3.43. The predicted octanol–water partition coefficient (Wildman–Crippen LogP) is 4.11. The second kappa shape index (κ2) is 13.2. The molecule has 0 aliphatic carbocycles. The van der Waals surface area contributed by atoms with Crippen LogP contribution in [-0.4, -0.2) is 56.8 Å². The number of carbonyl (C=O) groups excluding carboxylic acids is 2. The van der Waals surface area contributed by atoms with Crippen LogP contribution < -0.4 is 19.1 Å². The normalized spacial score (nSPS) is 13.0. The molecule has 0 fully saturated rings. The van der Waals surface area contributed by atoms with Gasteiger partial charge in [0.2, 0.25) is 28.6 Å². The molecule has 3 aromatic rings. The standard InChI is InChI=1S/C29H32BrN3O6S/c1-3-31-29(35)25(16-21-8-6-5-7-9-21)32(18-22-10-12-23(30)13-11-22)28(34)19-33(40(36,37)4-2)24-14-15-26-27(17-24)39-20-38-26/h5-15,17,25H,3-4,16,18-20H2,1-2H3,(H,31,35). The van der Waals surface area contributed by atoms with Crippen LogP contribution in [0.15, 0.2) is 77.3 Å². The fraction of sp³-hybridized carbons (Fsp3) is 0.310. The fourth-order valence-electron chi connectivity index (χ4n) is 4.39. The van der Waals surface area contributed by atoms with Crippen LogP contribution in [0.4, 0.5) is 5.69 Å². The van der Waals surface area contributed by atoms with Gasteiger partial charge in [0.25, 0.3) is 0 Å². The Balaban J connectivity index is 1.73. The molecule has 40 heavy (non-hydrogen) atoms. The van der Waals surface area contributed by atoms with E-state index in [-0.39, 0.29) is 37.1 Å².